The molecule has 10 nitrogen and oxygen atoms in total. The lowest BCUT2D eigenvalue weighted by Crippen LogP contribution is -2.53. The van der Waals surface area contributed by atoms with E-state index in [9.17, 15) is 19.2 Å². The van der Waals surface area contributed by atoms with Gasteiger partial charge in [-0.25, -0.2) is 0 Å². The number of methoxy groups -OCH3 is 2. The molecule has 0 aromatic heterocycles. The predicted octanol–water partition coefficient (Wildman–Crippen LogP) is 0.932. The van der Waals surface area contributed by atoms with Gasteiger partial charge in [-0.15, -0.1) is 0 Å². The fraction of sp³-hybridized carbons (Fsp3) is 0.385. The van der Waals surface area contributed by atoms with Crippen LogP contribution in [0, 0.1) is 11.8 Å². The van der Waals surface area contributed by atoms with Crippen LogP contribution in [0.1, 0.15) is 24.0 Å². The van der Waals surface area contributed by atoms with Crippen molar-refractivity contribution in [2.75, 3.05) is 26.1 Å². The third kappa shape index (κ3) is 3.51. The minimum atomic E-state index is -1.38. The van der Waals surface area contributed by atoms with E-state index in [0.29, 0.717) is 29.2 Å². The highest BCUT2D eigenvalue weighted by atomic mass is 16.5. The van der Waals surface area contributed by atoms with E-state index in [1.54, 1.807) is 44.6 Å². The molecule has 0 aliphatic carbocycles. The van der Waals surface area contributed by atoms with Gasteiger partial charge in [0, 0.05) is 30.3 Å². The average molecular weight is 493 g/mol. The zero-order valence-electron chi connectivity index (χ0n) is 20.1. The van der Waals surface area contributed by atoms with Crippen molar-refractivity contribution in [1.29, 1.82) is 0 Å². The van der Waals surface area contributed by atoms with Gasteiger partial charge in [-0.05, 0) is 36.6 Å². The molecule has 3 heterocycles. The number of benzene rings is 2. The Morgan fingerprint density at radius 3 is 2.53 bits per heavy atom. The Balaban J connectivity index is 1.46. The van der Waals surface area contributed by atoms with E-state index in [1.807, 2.05) is 12.1 Å². The molecule has 2 unspecified atom stereocenters. The second-order valence-corrected chi connectivity index (χ2v) is 9.33. The number of hydrogen-bond acceptors (Lipinski definition) is 7. The van der Waals surface area contributed by atoms with E-state index in [1.165, 1.54) is 4.90 Å². The van der Waals surface area contributed by atoms with Crippen molar-refractivity contribution in [3.05, 3.63) is 53.6 Å². The molecule has 5 rings (SSSR count). The molecular weight excluding hydrogens is 464 g/mol. The number of anilines is 1. The summed E-state index contributed by atoms with van der Waals surface area (Å²) in [6.45, 7) is 0.155. The monoisotopic (exact) mass is 492 g/mol. The summed E-state index contributed by atoms with van der Waals surface area (Å²) in [5.41, 5.74) is 6.10. The van der Waals surface area contributed by atoms with Gasteiger partial charge >= 0.3 is 0 Å². The lowest BCUT2D eigenvalue weighted by atomic mass is 9.76. The van der Waals surface area contributed by atoms with Crippen LogP contribution in [0.25, 0.3) is 0 Å². The number of amides is 4. The number of imide groups is 1. The number of likely N-dealkylation sites (tertiary alicyclic amines) is 1. The molecule has 4 N–H and O–H groups in total. The smallest absolute Gasteiger partial charge is 0.250 e. The number of ether oxygens (including phenoxy) is 2. The SMILES string of the molecule is COc1ccc(CCN2C(=O)[C@@H]3C(CCC(N)=O)NC4(C(=O)Nc5ccccc54)[C@@H]3C2=O)cc1OC. The molecule has 0 saturated carbocycles. The number of fused-ring (bicyclic) bond motifs is 4. The van der Waals surface area contributed by atoms with Crippen LogP contribution in [-0.2, 0) is 31.1 Å². The molecular formula is C26H28N4O6. The third-order valence-electron chi connectivity index (χ3n) is 7.49. The van der Waals surface area contributed by atoms with Crippen LogP contribution in [0.4, 0.5) is 5.69 Å². The van der Waals surface area contributed by atoms with Crippen LogP contribution in [0.2, 0.25) is 0 Å². The molecule has 0 bridgehead atoms. The Hall–Kier alpha value is -3.92. The average Bonchev–Trinajstić information content (AvgIpc) is 3.45. The van der Waals surface area contributed by atoms with Crippen LogP contribution in [-0.4, -0.2) is 55.3 Å². The standard InChI is InChI=1S/C26H28N4O6/c1-35-18-9-7-14(13-19(18)36-2)11-12-30-23(32)21-17(8-10-20(27)31)29-26(22(21)24(30)33)15-5-3-4-6-16(15)28-25(26)34/h3-7,9,13,17,21-22,29H,8,10-12H2,1-2H3,(H2,27,31)(H,28,34)/t17?,21-,22+,26?/m1/s1. The maximum Gasteiger partial charge on any atom is 0.250 e. The summed E-state index contributed by atoms with van der Waals surface area (Å²) in [6.07, 6.45) is 0.690. The largest absolute Gasteiger partial charge is 0.493 e. The Labute approximate surface area is 208 Å². The molecule has 2 aromatic carbocycles. The fourth-order valence-corrected chi connectivity index (χ4v) is 5.86. The molecule has 4 atom stereocenters. The fourth-order valence-electron chi connectivity index (χ4n) is 5.86. The number of hydrogen-bond donors (Lipinski definition) is 3. The van der Waals surface area contributed by atoms with Gasteiger partial charge in [0.1, 0.15) is 5.54 Å². The zero-order chi connectivity index (χ0) is 25.6. The molecule has 10 heteroatoms. The van der Waals surface area contributed by atoms with Crippen molar-refractivity contribution < 1.29 is 28.7 Å². The summed E-state index contributed by atoms with van der Waals surface area (Å²) in [7, 11) is 3.09. The van der Waals surface area contributed by atoms with Crippen LogP contribution in [0.3, 0.4) is 0 Å². The van der Waals surface area contributed by atoms with Crippen LogP contribution >= 0.6 is 0 Å². The minimum absolute atomic E-state index is 0.0351. The van der Waals surface area contributed by atoms with E-state index in [4.69, 9.17) is 15.2 Å². The van der Waals surface area contributed by atoms with Gasteiger partial charge in [-0.3, -0.25) is 29.4 Å². The molecule has 1 spiro atoms. The van der Waals surface area contributed by atoms with Crippen molar-refractivity contribution in [3.8, 4) is 11.5 Å². The number of carbonyl (C=O) groups excluding carboxylic acids is 4. The van der Waals surface area contributed by atoms with E-state index < -0.39 is 35.2 Å². The first-order valence-corrected chi connectivity index (χ1v) is 11.8. The summed E-state index contributed by atoms with van der Waals surface area (Å²) in [6, 6.07) is 12.0. The first kappa shape index (κ1) is 23.8. The van der Waals surface area contributed by atoms with Gasteiger partial charge in [-0.2, -0.15) is 0 Å². The molecule has 4 amide bonds. The van der Waals surface area contributed by atoms with Crippen LogP contribution < -0.4 is 25.8 Å². The normalized spacial score (nSPS) is 26.2. The van der Waals surface area contributed by atoms with Crippen molar-refractivity contribution in [2.24, 2.45) is 17.6 Å². The highest BCUT2D eigenvalue weighted by Crippen LogP contribution is 2.53. The van der Waals surface area contributed by atoms with Gasteiger partial charge in [-0.1, -0.05) is 24.3 Å². The maximum atomic E-state index is 13.8. The lowest BCUT2D eigenvalue weighted by molar-refractivity contribution is -0.142. The van der Waals surface area contributed by atoms with Gasteiger partial charge in [0.25, 0.3) is 0 Å². The van der Waals surface area contributed by atoms with E-state index >= 15 is 0 Å². The highest BCUT2D eigenvalue weighted by molar-refractivity contribution is 6.15. The second kappa shape index (κ2) is 8.94. The number of nitrogens with two attached hydrogens (primary N) is 1. The van der Waals surface area contributed by atoms with Gasteiger partial charge in [0.15, 0.2) is 11.5 Å². The van der Waals surface area contributed by atoms with E-state index in [0.717, 1.165) is 5.56 Å². The number of primary amides is 1. The molecule has 2 aromatic rings. The first-order valence-electron chi connectivity index (χ1n) is 11.8. The molecule has 2 fully saturated rings. The van der Waals surface area contributed by atoms with E-state index in [-0.39, 0.29) is 31.2 Å². The molecule has 0 radical (unpaired) electrons. The van der Waals surface area contributed by atoms with Crippen molar-refractivity contribution in [2.45, 2.75) is 30.8 Å². The van der Waals surface area contributed by atoms with Crippen molar-refractivity contribution >= 4 is 29.3 Å². The number of para-hydroxylation sites is 1. The van der Waals surface area contributed by atoms with Crippen molar-refractivity contribution in [3.63, 3.8) is 0 Å². The number of carbonyl (C=O) groups is 4. The Morgan fingerprint density at radius 1 is 1.06 bits per heavy atom. The molecule has 2 saturated heterocycles. The molecule has 3 aliphatic heterocycles. The Morgan fingerprint density at radius 2 is 1.81 bits per heavy atom. The topological polar surface area (TPSA) is 140 Å². The summed E-state index contributed by atoms with van der Waals surface area (Å²) in [5.74, 6) is -2.18. The summed E-state index contributed by atoms with van der Waals surface area (Å²) < 4.78 is 10.6. The third-order valence-corrected chi connectivity index (χ3v) is 7.49. The molecule has 3 aliphatic rings. The Bertz CT molecular complexity index is 1260. The van der Waals surface area contributed by atoms with Crippen LogP contribution in [0.15, 0.2) is 42.5 Å². The predicted molar refractivity (Wildman–Crippen MR) is 129 cm³/mol. The first-order chi connectivity index (χ1) is 17.3. The Kier molecular flexibility index (Phi) is 5.91. The van der Waals surface area contributed by atoms with Gasteiger partial charge in [0.05, 0.1) is 26.1 Å². The minimum Gasteiger partial charge on any atom is -0.493 e. The highest BCUT2D eigenvalue weighted by Gasteiger charge is 2.70. The zero-order valence-corrected chi connectivity index (χ0v) is 20.1. The van der Waals surface area contributed by atoms with Crippen molar-refractivity contribution in [1.82, 2.24) is 10.2 Å². The molecule has 188 valence electrons. The lowest BCUT2D eigenvalue weighted by Gasteiger charge is -2.29. The van der Waals surface area contributed by atoms with Gasteiger partial charge < -0.3 is 20.5 Å². The molecule has 36 heavy (non-hydrogen) atoms. The second-order valence-electron chi connectivity index (χ2n) is 9.33. The van der Waals surface area contributed by atoms with Gasteiger partial charge in [0.2, 0.25) is 23.6 Å². The number of rotatable bonds is 8. The summed E-state index contributed by atoms with van der Waals surface area (Å²) in [5, 5.41) is 6.15. The number of nitrogens with one attached hydrogen (secondary N) is 2. The maximum absolute atomic E-state index is 13.8. The van der Waals surface area contributed by atoms with E-state index in [2.05, 4.69) is 10.6 Å². The summed E-state index contributed by atoms with van der Waals surface area (Å²) >= 11 is 0. The summed E-state index contributed by atoms with van der Waals surface area (Å²) in [4.78, 5) is 53.6. The van der Waals surface area contributed by atoms with Crippen LogP contribution in [0.5, 0.6) is 11.5 Å². The number of nitrogens with zero attached hydrogens (tertiary/aromatic N) is 1. The quantitative estimate of drug-likeness (QED) is 0.466.